The van der Waals surface area contributed by atoms with E-state index in [0.717, 1.165) is 24.1 Å². The fraction of sp³-hybridized carbons (Fsp3) is 0.571. The van der Waals surface area contributed by atoms with Gasteiger partial charge in [-0.3, -0.25) is 10.1 Å². The van der Waals surface area contributed by atoms with Crippen molar-refractivity contribution in [1.82, 2.24) is 0 Å². The fourth-order valence-corrected chi connectivity index (χ4v) is 1.97. The molecule has 0 aliphatic rings. The largest absolute Gasteiger partial charge is 0.382 e. The Morgan fingerprint density at radius 2 is 2.06 bits per heavy atom. The van der Waals surface area contributed by atoms with Gasteiger partial charge in [0.2, 0.25) is 0 Å². The molecule has 0 spiro atoms. The lowest BCUT2D eigenvalue weighted by molar-refractivity contribution is -0.384. The summed E-state index contributed by atoms with van der Waals surface area (Å²) in [6.45, 7) is 8.47. The van der Waals surface area contributed by atoms with Gasteiger partial charge in [-0.2, -0.15) is 0 Å². The molecule has 100 valence electrons. The number of non-ortho nitro benzene ring substituents is 1. The highest BCUT2D eigenvalue weighted by Crippen LogP contribution is 2.23. The van der Waals surface area contributed by atoms with Crippen LogP contribution in [0.25, 0.3) is 0 Å². The van der Waals surface area contributed by atoms with Crippen molar-refractivity contribution >= 4 is 11.4 Å². The van der Waals surface area contributed by atoms with Crippen LogP contribution in [0.5, 0.6) is 0 Å². The molecule has 1 aromatic rings. The number of benzene rings is 1. The lowest BCUT2D eigenvalue weighted by atomic mass is 10.00. The molecule has 4 nitrogen and oxygen atoms in total. The maximum atomic E-state index is 10.8. The van der Waals surface area contributed by atoms with E-state index in [1.807, 2.05) is 6.92 Å². The molecule has 0 aliphatic carbocycles. The smallest absolute Gasteiger partial charge is 0.271 e. The highest BCUT2D eigenvalue weighted by atomic mass is 16.6. The Labute approximate surface area is 109 Å². The predicted octanol–water partition coefficient (Wildman–Crippen LogP) is 4.14. The van der Waals surface area contributed by atoms with E-state index in [9.17, 15) is 10.1 Å². The zero-order valence-electron chi connectivity index (χ0n) is 11.6. The minimum Gasteiger partial charge on any atom is -0.382 e. The molecule has 0 bridgehead atoms. The first-order valence-electron chi connectivity index (χ1n) is 6.45. The number of nitro groups is 1. The second-order valence-electron chi connectivity index (χ2n) is 5.05. The van der Waals surface area contributed by atoms with Crippen molar-refractivity contribution in [3.8, 4) is 0 Å². The van der Waals surface area contributed by atoms with Gasteiger partial charge in [-0.15, -0.1) is 0 Å². The summed E-state index contributed by atoms with van der Waals surface area (Å²) >= 11 is 0. The normalized spacial score (nSPS) is 14.0. The van der Waals surface area contributed by atoms with Gasteiger partial charge in [-0.1, -0.05) is 26.3 Å². The summed E-state index contributed by atoms with van der Waals surface area (Å²) in [5.74, 6) is 0.659. The summed E-state index contributed by atoms with van der Waals surface area (Å²) in [5, 5.41) is 14.1. The van der Waals surface area contributed by atoms with Crippen LogP contribution in [-0.2, 0) is 0 Å². The molecule has 2 unspecified atom stereocenters. The van der Waals surface area contributed by atoms with E-state index < -0.39 is 0 Å². The van der Waals surface area contributed by atoms with Crippen LogP contribution < -0.4 is 5.32 Å². The molecule has 0 aromatic heterocycles. The third kappa shape index (κ3) is 4.02. The van der Waals surface area contributed by atoms with Gasteiger partial charge in [0, 0.05) is 23.9 Å². The Hall–Kier alpha value is -1.58. The Morgan fingerprint density at radius 3 is 2.61 bits per heavy atom. The van der Waals surface area contributed by atoms with E-state index >= 15 is 0 Å². The van der Waals surface area contributed by atoms with Crippen LogP contribution >= 0.6 is 0 Å². The van der Waals surface area contributed by atoms with Gasteiger partial charge in [0.25, 0.3) is 5.69 Å². The molecule has 0 radical (unpaired) electrons. The first-order valence-corrected chi connectivity index (χ1v) is 6.45. The van der Waals surface area contributed by atoms with Crippen LogP contribution in [0.3, 0.4) is 0 Å². The SMILES string of the molecule is CCC(C)CC(C)Nc1cc([N+](=O)[O-])ccc1C. The monoisotopic (exact) mass is 250 g/mol. The number of hydrogen-bond donors (Lipinski definition) is 1. The summed E-state index contributed by atoms with van der Waals surface area (Å²) in [4.78, 5) is 10.4. The van der Waals surface area contributed by atoms with Gasteiger partial charge >= 0.3 is 0 Å². The van der Waals surface area contributed by atoms with Crippen molar-refractivity contribution in [3.05, 3.63) is 33.9 Å². The lowest BCUT2D eigenvalue weighted by Crippen LogP contribution is -2.18. The molecule has 0 saturated carbocycles. The molecule has 0 saturated heterocycles. The van der Waals surface area contributed by atoms with Gasteiger partial charge in [0.05, 0.1) is 4.92 Å². The molecule has 18 heavy (non-hydrogen) atoms. The van der Waals surface area contributed by atoms with Crippen molar-refractivity contribution in [3.63, 3.8) is 0 Å². The van der Waals surface area contributed by atoms with Crippen LogP contribution in [0.1, 0.15) is 39.2 Å². The number of nitro benzene ring substituents is 1. The molecule has 1 rings (SSSR count). The second kappa shape index (κ2) is 6.38. The summed E-state index contributed by atoms with van der Waals surface area (Å²) < 4.78 is 0. The van der Waals surface area contributed by atoms with Crippen molar-refractivity contribution in [1.29, 1.82) is 0 Å². The fourth-order valence-electron chi connectivity index (χ4n) is 1.97. The second-order valence-corrected chi connectivity index (χ2v) is 5.05. The van der Waals surface area contributed by atoms with Crippen molar-refractivity contribution in [2.75, 3.05) is 5.32 Å². The van der Waals surface area contributed by atoms with Gasteiger partial charge in [0.15, 0.2) is 0 Å². The van der Waals surface area contributed by atoms with Crippen LogP contribution in [0.4, 0.5) is 11.4 Å². The number of aryl methyl sites for hydroxylation is 1. The molecular formula is C14H22N2O2. The zero-order valence-corrected chi connectivity index (χ0v) is 11.6. The van der Waals surface area contributed by atoms with Crippen molar-refractivity contribution in [2.45, 2.75) is 46.6 Å². The van der Waals surface area contributed by atoms with E-state index in [1.165, 1.54) is 0 Å². The van der Waals surface area contributed by atoms with Gasteiger partial charge in [-0.05, 0) is 31.7 Å². The molecule has 0 amide bonds. The number of nitrogens with one attached hydrogen (secondary N) is 1. The minimum absolute atomic E-state index is 0.138. The minimum atomic E-state index is -0.357. The summed E-state index contributed by atoms with van der Waals surface area (Å²) in [6.07, 6.45) is 2.22. The van der Waals surface area contributed by atoms with Crippen LogP contribution in [0.15, 0.2) is 18.2 Å². The van der Waals surface area contributed by atoms with Crippen LogP contribution in [0.2, 0.25) is 0 Å². The van der Waals surface area contributed by atoms with Crippen molar-refractivity contribution < 1.29 is 4.92 Å². The highest BCUT2D eigenvalue weighted by Gasteiger charge is 2.12. The predicted molar refractivity (Wildman–Crippen MR) is 75.0 cm³/mol. The quantitative estimate of drug-likeness (QED) is 0.609. The molecule has 4 heteroatoms. The molecule has 0 aliphatic heterocycles. The average Bonchev–Trinajstić information content (AvgIpc) is 2.31. The van der Waals surface area contributed by atoms with E-state index in [2.05, 4.69) is 26.1 Å². The Kier molecular flexibility index (Phi) is 5.13. The number of nitrogens with zero attached hydrogens (tertiary/aromatic N) is 1. The molecule has 0 heterocycles. The van der Waals surface area contributed by atoms with Crippen LogP contribution in [0, 0.1) is 23.0 Å². The van der Waals surface area contributed by atoms with E-state index in [-0.39, 0.29) is 10.6 Å². The van der Waals surface area contributed by atoms with Gasteiger partial charge in [-0.25, -0.2) is 0 Å². The number of rotatable bonds is 6. The third-order valence-electron chi connectivity index (χ3n) is 3.29. The molecular weight excluding hydrogens is 228 g/mol. The number of hydrogen-bond acceptors (Lipinski definition) is 3. The average molecular weight is 250 g/mol. The molecule has 1 aromatic carbocycles. The van der Waals surface area contributed by atoms with E-state index in [0.29, 0.717) is 12.0 Å². The zero-order chi connectivity index (χ0) is 13.7. The molecule has 0 fully saturated rings. The lowest BCUT2D eigenvalue weighted by Gasteiger charge is -2.19. The van der Waals surface area contributed by atoms with E-state index in [1.54, 1.807) is 18.2 Å². The highest BCUT2D eigenvalue weighted by molar-refractivity contribution is 5.57. The Balaban J connectivity index is 2.77. The summed E-state index contributed by atoms with van der Waals surface area (Å²) in [7, 11) is 0. The standard InChI is InChI=1S/C14H22N2O2/c1-5-10(2)8-12(4)15-14-9-13(16(17)18)7-6-11(14)3/h6-7,9-10,12,15H,5,8H2,1-4H3. The first kappa shape index (κ1) is 14.5. The third-order valence-corrected chi connectivity index (χ3v) is 3.29. The van der Waals surface area contributed by atoms with Crippen LogP contribution in [-0.4, -0.2) is 11.0 Å². The van der Waals surface area contributed by atoms with Gasteiger partial charge < -0.3 is 5.32 Å². The molecule has 2 atom stereocenters. The first-order chi connectivity index (χ1) is 8.43. The summed E-state index contributed by atoms with van der Waals surface area (Å²) in [5.41, 5.74) is 2.04. The maximum absolute atomic E-state index is 10.8. The van der Waals surface area contributed by atoms with E-state index in [4.69, 9.17) is 0 Å². The Morgan fingerprint density at radius 1 is 1.39 bits per heavy atom. The van der Waals surface area contributed by atoms with Gasteiger partial charge in [0.1, 0.15) is 0 Å². The topological polar surface area (TPSA) is 55.2 Å². The number of anilines is 1. The Bertz CT molecular complexity index is 418. The maximum Gasteiger partial charge on any atom is 0.271 e. The van der Waals surface area contributed by atoms with Crippen molar-refractivity contribution in [2.24, 2.45) is 5.92 Å². The molecule has 1 N–H and O–H groups in total. The summed E-state index contributed by atoms with van der Waals surface area (Å²) in [6, 6.07) is 5.26.